The number of hydrogen-bond acceptors (Lipinski definition) is 3. The summed E-state index contributed by atoms with van der Waals surface area (Å²) in [4.78, 5) is 0. The summed E-state index contributed by atoms with van der Waals surface area (Å²) in [7, 11) is -1.39. The van der Waals surface area contributed by atoms with Crippen LogP contribution < -0.4 is 4.74 Å². The zero-order chi connectivity index (χ0) is 13.6. The van der Waals surface area contributed by atoms with Gasteiger partial charge in [-0.1, -0.05) is 18.2 Å². The summed E-state index contributed by atoms with van der Waals surface area (Å²) in [6.45, 7) is 4.15. The monoisotopic (exact) mass is 256 g/mol. The first kappa shape index (κ1) is 12.5. The van der Waals surface area contributed by atoms with Crippen molar-refractivity contribution in [2.24, 2.45) is 5.92 Å². The van der Waals surface area contributed by atoms with Gasteiger partial charge in [0.25, 0.3) is 0 Å². The highest BCUT2D eigenvalue weighted by Crippen LogP contribution is 2.52. The molecule has 0 radical (unpaired) electrons. The first-order valence-electron chi connectivity index (χ1n) is 6.53. The second kappa shape index (κ2) is 4.25. The molecule has 0 bridgehead atoms. The van der Waals surface area contributed by atoms with E-state index in [-0.39, 0.29) is 11.5 Å². The van der Waals surface area contributed by atoms with Crippen molar-refractivity contribution in [1.82, 2.24) is 0 Å². The van der Waals surface area contributed by atoms with E-state index in [4.69, 9.17) is 14.8 Å². The van der Waals surface area contributed by atoms with Gasteiger partial charge in [0, 0.05) is 12.3 Å². The molecule has 3 nitrogen and oxygen atoms in total. The van der Waals surface area contributed by atoms with Crippen LogP contribution in [0.5, 0.6) is 5.75 Å². The van der Waals surface area contributed by atoms with E-state index < -0.39 is 7.12 Å². The lowest BCUT2D eigenvalue weighted by Crippen LogP contribution is -2.23. The minimum atomic E-state index is -1.39. The molecule has 4 heteroatoms. The van der Waals surface area contributed by atoms with Gasteiger partial charge in [-0.25, -0.2) is 0 Å². The maximum atomic E-state index is 9.15. The molecule has 1 saturated carbocycles. The molecule has 1 aromatic carbocycles. The fourth-order valence-corrected chi connectivity index (χ4v) is 2.52. The average Bonchev–Trinajstić information content (AvgIpc) is 3.06. The summed E-state index contributed by atoms with van der Waals surface area (Å²) in [6.07, 6.45) is 6.48. The van der Waals surface area contributed by atoms with Crippen LogP contribution in [-0.2, 0) is 0 Å². The zero-order valence-corrected chi connectivity index (χ0v) is 11.1. The highest BCUT2D eigenvalue weighted by atomic mass is 16.5. The molecule has 1 fully saturated rings. The maximum absolute atomic E-state index is 9.15. The molecule has 2 aliphatic rings. The fraction of sp³-hybridized carbons (Fsp3) is 0.333. The smallest absolute Gasteiger partial charge is 0.483 e. The summed E-state index contributed by atoms with van der Waals surface area (Å²) < 4.78 is 6.09. The van der Waals surface area contributed by atoms with Gasteiger partial charge < -0.3 is 14.8 Å². The predicted molar refractivity (Wildman–Crippen MR) is 74.8 cm³/mol. The van der Waals surface area contributed by atoms with Crippen LogP contribution in [0.25, 0.3) is 0 Å². The normalized spacial score (nSPS) is 27.6. The van der Waals surface area contributed by atoms with Crippen LogP contribution in [0, 0.1) is 19.8 Å². The van der Waals surface area contributed by atoms with Crippen LogP contribution in [0.2, 0.25) is 0 Å². The number of fused-ring (bicyclic) bond motifs is 1. The molecule has 2 N–H and O–H groups in total. The fourth-order valence-electron chi connectivity index (χ4n) is 2.52. The first-order valence-corrected chi connectivity index (χ1v) is 6.53. The lowest BCUT2D eigenvalue weighted by atomic mass is 9.76. The lowest BCUT2D eigenvalue weighted by Gasteiger charge is -2.19. The maximum Gasteiger partial charge on any atom is 0.488 e. The molecule has 2 aliphatic carbocycles. The SMILES string of the molecule is Cc1ccc(OC23C=CC(B(O)O)=CC2C3)cc1C. The van der Waals surface area contributed by atoms with Crippen LogP contribution in [0.15, 0.2) is 41.9 Å². The summed E-state index contributed by atoms with van der Waals surface area (Å²) in [5, 5.41) is 18.3. The Morgan fingerprint density at radius 2 is 2.05 bits per heavy atom. The highest BCUT2D eigenvalue weighted by Gasteiger charge is 2.55. The molecule has 1 aromatic rings. The zero-order valence-electron chi connectivity index (χ0n) is 11.1. The van der Waals surface area contributed by atoms with Crippen LogP contribution in [0.3, 0.4) is 0 Å². The van der Waals surface area contributed by atoms with Gasteiger partial charge in [0.05, 0.1) is 0 Å². The minimum absolute atomic E-state index is 0.246. The molecule has 0 aliphatic heterocycles. The molecule has 0 saturated heterocycles. The standard InChI is InChI=1S/C15H17BO3/c1-10-3-4-14(7-11(10)2)19-15-6-5-13(16(17)18)8-12(15)9-15/h3-8,12,17-18H,9H2,1-2H3. The van der Waals surface area contributed by atoms with Crippen molar-refractivity contribution in [1.29, 1.82) is 0 Å². The Morgan fingerprint density at radius 1 is 1.26 bits per heavy atom. The third kappa shape index (κ3) is 2.22. The molecule has 2 atom stereocenters. The molecule has 19 heavy (non-hydrogen) atoms. The number of allylic oxidation sites excluding steroid dienone is 2. The van der Waals surface area contributed by atoms with Gasteiger partial charge in [0.1, 0.15) is 11.4 Å². The summed E-state index contributed by atoms with van der Waals surface area (Å²) in [6, 6.07) is 6.10. The number of rotatable bonds is 3. The van der Waals surface area contributed by atoms with Gasteiger partial charge in [-0.2, -0.15) is 0 Å². The van der Waals surface area contributed by atoms with Crippen LogP contribution >= 0.6 is 0 Å². The van der Waals surface area contributed by atoms with Gasteiger partial charge in [0.15, 0.2) is 0 Å². The Morgan fingerprint density at radius 3 is 2.68 bits per heavy atom. The van der Waals surface area contributed by atoms with Crippen LogP contribution in [-0.4, -0.2) is 22.8 Å². The van der Waals surface area contributed by atoms with Gasteiger partial charge >= 0.3 is 7.12 Å². The Labute approximate surface area is 113 Å². The molecular weight excluding hydrogens is 239 g/mol. The van der Waals surface area contributed by atoms with E-state index in [1.165, 1.54) is 11.1 Å². The van der Waals surface area contributed by atoms with E-state index in [9.17, 15) is 0 Å². The van der Waals surface area contributed by atoms with Gasteiger partial charge in [0.2, 0.25) is 0 Å². The van der Waals surface area contributed by atoms with Crippen molar-refractivity contribution in [3.05, 3.63) is 53.0 Å². The van der Waals surface area contributed by atoms with Gasteiger partial charge in [-0.05, 0) is 48.7 Å². The van der Waals surface area contributed by atoms with E-state index in [0.29, 0.717) is 5.47 Å². The average molecular weight is 256 g/mol. The Kier molecular flexibility index (Phi) is 2.80. The van der Waals surface area contributed by atoms with Crippen molar-refractivity contribution in [2.45, 2.75) is 25.9 Å². The first-order chi connectivity index (χ1) is 9.00. The third-order valence-corrected chi connectivity index (χ3v) is 4.04. The van der Waals surface area contributed by atoms with Crippen molar-refractivity contribution in [3.63, 3.8) is 0 Å². The van der Waals surface area contributed by atoms with E-state index >= 15 is 0 Å². The van der Waals surface area contributed by atoms with Crippen LogP contribution in [0.1, 0.15) is 17.5 Å². The highest BCUT2D eigenvalue weighted by molar-refractivity contribution is 6.51. The second-order valence-corrected chi connectivity index (χ2v) is 5.49. The largest absolute Gasteiger partial charge is 0.488 e. The van der Waals surface area contributed by atoms with E-state index in [2.05, 4.69) is 19.9 Å². The van der Waals surface area contributed by atoms with E-state index in [1.54, 1.807) is 6.08 Å². The Hall–Kier alpha value is -1.52. The topological polar surface area (TPSA) is 49.7 Å². The summed E-state index contributed by atoms with van der Waals surface area (Å²) >= 11 is 0. The molecule has 98 valence electrons. The number of aryl methyl sites for hydroxylation is 2. The summed E-state index contributed by atoms with van der Waals surface area (Å²) in [5.74, 6) is 1.12. The van der Waals surface area contributed by atoms with E-state index in [1.807, 2.05) is 24.3 Å². The predicted octanol–water partition coefficient (Wildman–Crippen LogP) is 1.95. The molecule has 2 unspecified atom stereocenters. The Bertz CT molecular complexity index is 577. The quantitative estimate of drug-likeness (QED) is 0.812. The number of ether oxygens (including phenoxy) is 1. The van der Waals surface area contributed by atoms with Crippen LogP contribution in [0.4, 0.5) is 0 Å². The lowest BCUT2D eigenvalue weighted by molar-refractivity contribution is 0.217. The van der Waals surface area contributed by atoms with Crippen molar-refractivity contribution < 1.29 is 14.8 Å². The molecule has 0 spiro atoms. The number of hydrogen-bond donors (Lipinski definition) is 2. The molecule has 0 heterocycles. The van der Waals surface area contributed by atoms with Gasteiger partial charge in [-0.15, -0.1) is 0 Å². The molecule has 3 rings (SSSR count). The van der Waals surface area contributed by atoms with Crippen molar-refractivity contribution >= 4 is 7.12 Å². The third-order valence-electron chi connectivity index (χ3n) is 4.04. The molecule has 0 amide bonds. The second-order valence-electron chi connectivity index (χ2n) is 5.49. The van der Waals surface area contributed by atoms with E-state index in [0.717, 1.165) is 12.2 Å². The molecular formula is C15H17BO3. The van der Waals surface area contributed by atoms with Gasteiger partial charge in [-0.3, -0.25) is 0 Å². The van der Waals surface area contributed by atoms with Crippen molar-refractivity contribution in [3.8, 4) is 5.75 Å². The van der Waals surface area contributed by atoms with Crippen molar-refractivity contribution in [2.75, 3.05) is 0 Å². The molecule has 0 aromatic heterocycles. The minimum Gasteiger partial charge on any atom is -0.483 e. The number of benzene rings is 1. The summed E-state index contributed by atoms with van der Waals surface area (Å²) in [5.41, 5.74) is 2.75. The Balaban J connectivity index is 1.77.